The van der Waals surface area contributed by atoms with Gasteiger partial charge >= 0.3 is 0 Å². The average Bonchev–Trinajstić information content (AvgIpc) is 1.66. The monoisotopic (exact) mass is 202 g/mol. The van der Waals surface area contributed by atoms with Crippen molar-refractivity contribution in [3.63, 3.8) is 0 Å². The predicted octanol–water partition coefficient (Wildman–Crippen LogP) is 0.234. The Labute approximate surface area is 77.0 Å². The molecule has 0 saturated heterocycles. The lowest BCUT2D eigenvalue weighted by Gasteiger charge is -1.59. The van der Waals surface area contributed by atoms with Crippen molar-refractivity contribution in [3.05, 3.63) is 0 Å². The number of nitrogens with two attached hydrogens (primary N) is 2. The Morgan fingerprint density at radius 2 is 1.09 bits per heavy atom. The van der Waals surface area contributed by atoms with Crippen molar-refractivity contribution in [1.82, 2.24) is 0 Å². The van der Waals surface area contributed by atoms with Crippen LogP contribution in [0.25, 0.3) is 0 Å². The molecule has 7 heteroatoms. The highest BCUT2D eigenvalue weighted by molar-refractivity contribution is 7.96. The molecule has 11 heavy (non-hydrogen) atoms. The van der Waals surface area contributed by atoms with Gasteiger partial charge in [0.25, 0.3) is 10.5 Å². The lowest BCUT2D eigenvalue weighted by Crippen LogP contribution is -1.95. The van der Waals surface area contributed by atoms with Gasteiger partial charge in [-0.05, 0) is 0 Å². The summed E-state index contributed by atoms with van der Waals surface area (Å²) in [5.41, 5.74) is 8.67. The van der Waals surface area contributed by atoms with Crippen LogP contribution in [0.1, 0.15) is 7.43 Å². The molecule has 0 unspecified atom stereocenters. The molecule has 0 aromatic heterocycles. The fourth-order valence-corrected chi connectivity index (χ4v) is 0. The van der Waals surface area contributed by atoms with E-state index in [2.05, 4.69) is 36.7 Å². The highest BCUT2D eigenvalue weighted by atomic mass is 32.1. The topological polar surface area (TPSA) is 106 Å². The molecule has 0 heterocycles. The van der Waals surface area contributed by atoms with Gasteiger partial charge < -0.3 is 16.6 Å². The Balaban J connectivity index is -0.0000000339. The van der Waals surface area contributed by atoms with E-state index >= 15 is 0 Å². The molecular formula is C4H14N2O3S2. The minimum atomic E-state index is -0.639. The van der Waals surface area contributed by atoms with Gasteiger partial charge in [-0.3, -0.25) is 9.59 Å². The Morgan fingerprint density at radius 1 is 1.09 bits per heavy atom. The van der Waals surface area contributed by atoms with E-state index in [4.69, 9.17) is 14.7 Å². The van der Waals surface area contributed by atoms with Crippen molar-refractivity contribution in [2.24, 2.45) is 11.5 Å². The number of hydrogen-bond donors (Lipinski definition) is 5. The van der Waals surface area contributed by atoms with Crippen LogP contribution in [0.15, 0.2) is 0 Å². The number of aliphatic hydroxyl groups excluding tert-OH is 1. The third-order valence-electron chi connectivity index (χ3n) is 0. The maximum Gasteiger partial charge on any atom is 0.273 e. The average molecular weight is 202 g/mol. The summed E-state index contributed by atoms with van der Waals surface area (Å²) in [5, 5.41) is 5.72. The zero-order chi connectivity index (χ0) is 9.15. The van der Waals surface area contributed by atoms with E-state index in [1.54, 1.807) is 0 Å². The number of primary amides is 2. The van der Waals surface area contributed by atoms with E-state index in [0.717, 1.165) is 7.11 Å². The summed E-state index contributed by atoms with van der Waals surface area (Å²) in [5.74, 6) is 0. The largest absolute Gasteiger partial charge is 0.400 e. The summed E-state index contributed by atoms with van der Waals surface area (Å²) in [7, 11) is 1.00. The molecule has 0 aliphatic carbocycles. The molecular weight excluding hydrogens is 188 g/mol. The third kappa shape index (κ3) is 3470. The Kier molecular flexibility index (Phi) is 46.2. The normalized spacial score (nSPS) is 5.09. The molecule has 0 radical (unpaired) electrons. The van der Waals surface area contributed by atoms with Crippen molar-refractivity contribution in [2.45, 2.75) is 7.43 Å². The van der Waals surface area contributed by atoms with Crippen LogP contribution in [0, 0.1) is 0 Å². The van der Waals surface area contributed by atoms with E-state index in [1.807, 2.05) is 0 Å². The molecule has 0 atom stereocenters. The second-order valence-electron chi connectivity index (χ2n) is 0.676. The van der Waals surface area contributed by atoms with Crippen molar-refractivity contribution in [3.8, 4) is 0 Å². The summed E-state index contributed by atoms with van der Waals surface area (Å²) in [6.07, 6.45) is 0. The van der Waals surface area contributed by atoms with Gasteiger partial charge in [0.1, 0.15) is 0 Å². The maximum absolute atomic E-state index is 9.09. The fraction of sp³-hybridized carbons (Fsp3) is 0.500. The zero-order valence-electron chi connectivity index (χ0n) is 5.31. The number of aliphatic hydroxyl groups is 1. The van der Waals surface area contributed by atoms with Crippen molar-refractivity contribution in [1.29, 1.82) is 0 Å². The second-order valence-corrected chi connectivity index (χ2v) is 1.56. The highest BCUT2D eigenvalue weighted by Gasteiger charge is 1.63. The molecule has 5 nitrogen and oxygen atoms in total. The molecule has 0 spiro atoms. The predicted molar refractivity (Wildman–Crippen MR) is 52.0 cm³/mol. The van der Waals surface area contributed by atoms with Gasteiger partial charge in [0.15, 0.2) is 0 Å². The number of amides is 2. The van der Waals surface area contributed by atoms with Gasteiger partial charge in [0, 0.05) is 7.11 Å². The van der Waals surface area contributed by atoms with Crippen molar-refractivity contribution < 1.29 is 14.7 Å². The van der Waals surface area contributed by atoms with Crippen LogP contribution in [-0.4, -0.2) is 22.7 Å². The van der Waals surface area contributed by atoms with E-state index < -0.39 is 10.5 Å². The minimum absolute atomic E-state index is 0. The molecule has 0 bridgehead atoms. The van der Waals surface area contributed by atoms with Gasteiger partial charge in [0.05, 0.1) is 0 Å². The number of hydrogen-bond acceptors (Lipinski definition) is 3. The van der Waals surface area contributed by atoms with Crippen molar-refractivity contribution in [2.75, 3.05) is 7.11 Å². The molecule has 0 fully saturated rings. The third-order valence-corrected chi connectivity index (χ3v) is 0. The first-order valence-electron chi connectivity index (χ1n) is 1.88. The maximum atomic E-state index is 9.09. The molecule has 2 amide bonds. The Bertz CT molecular complexity index is 79.3. The second kappa shape index (κ2) is 22.6. The summed E-state index contributed by atoms with van der Waals surface area (Å²) < 4.78 is 0. The number of rotatable bonds is 0. The van der Waals surface area contributed by atoms with Crippen LogP contribution in [0.4, 0.5) is 9.59 Å². The Morgan fingerprint density at radius 3 is 1.09 bits per heavy atom. The number of carbonyl (C=O) groups is 2. The van der Waals surface area contributed by atoms with Gasteiger partial charge in [-0.2, -0.15) is 0 Å². The van der Waals surface area contributed by atoms with Crippen LogP contribution in [0.5, 0.6) is 0 Å². The first-order valence-corrected chi connectivity index (χ1v) is 2.77. The first kappa shape index (κ1) is 22.4. The fourth-order valence-electron chi connectivity index (χ4n) is 0. The summed E-state index contributed by atoms with van der Waals surface area (Å²) in [6.45, 7) is 0. The number of carbonyl (C=O) groups excluding carboxylic acids is 2. The lowest BCUT2D eigenvalue weighted by molar-refractivity contribution is 0.266. The van der Waals surface area contributed by atoms with E-state index in [0.29, 0.717) is 0 Å². The molecule has 5 N–H and O–H groups in total. The van der Waals surface area contributed by atoms with Crippen LogP contribution >= 0.6 is 25.3 Å². The molecule has 0 saturated carbocycles. The SMILES string of the molecule is C.CO.NC(=O)S.NC(=O)S. The minimum Gasteiger partial charge on any atom is -0.400 e. The van der Waals surface area contributed by atoms with Gasteiger partial charge in [-0.15, -0.1) is 0 Å². The van der Waals surface area contributed by atoms with Gasteiger partial charge in [-0.25, -0.2) is 0 Å². The van der Waals surface area contributed by atoms with Crippen molar-refractivity contribution >= 4 is 35.7 Å². The molecule has 0 aromatic carbocycles. The van der Waals surface area contributed by atoms with Crippen LogP contribution in [-0.2, 0) is 0 Å². The molecule has 70 valence electrons. The quantitative estimate of drug-likeness (QED) is 0.363. The zero-order valence-corrected chi connectivity index (χ0v) is 7.10. The van der Waals surface area contributed by atoms with E-state index in [1.165, 1.54) is 0 Å². The standard InChI is InChI=1S/2CH3NOS.CH4O.CH4/c2*2-1(3)4;1-2;/h2*(H3,2,3,4);2H,1H3;1H4. The summed E-state index contributed by atoms with van der Waals surface area (Å²) in [4.78, 5) is 18.2. The van der Waals surface area contributed by atoms with Crippen LogP contribution in [0.3, 0.4) is 0 Å². The van der Waals surface area contributed by atoms with Crippen LogP contribution < -0.4 is 11.5 Å². The molecule has 0 aliphatic heterocycles. The summed E-state index contributed by atoms with van der Waals surface area (Å²) >= 11 is 6.21. The van der Waals surface area contributed by atoms with E-state index in [-0.39, 0.29) is 7.43 Å². The smallest absolute Gasteiger partial charge is 0.273 e. The Hall–Kier alpha value is -0.400. The van der Waals surface area contributed by atoms with Crippen LogP contribution in [0.2, 0.25) is 0 Å². The first-order chi connectivity index (χ1) is 4.46. The molecule has 0 aromatic rings. The molecule has 0 aliphatic rings. The number of thiol groups is 2. The van der Waals surface area contributed by atoms with Gasteiger partial charge in [-0.1, -0.05) is 32.7 Å². The summed E-state index contributed by atoms with van der Waals surface area (Å²) in [6, 6.07) is 0. The lowest BCUT2D eigenvalue weighted by atomic mass is 11.5. The van der Waals surface area contributed by atoms with E-state index in [9.17, 15) is 0 Å². The highest BCUT2D eigenvalue weighted by Crippen LogP contribution is 1.61. The molecule has 0 rings (SSSR count). The van der Waals surface area contributed by atoms with Gasteiger partial charge in [0.2, 0.25) is 0 Å².